The number of rotatable bonds is 4. The van der Waals surface area contributed by atoms with Crippen molar-refractivity contribution in [2.45, 2.75) is 25.9 Å². The largest absolute Gasteiger partial charge is 0.479 e. The Morgan fingerprint density at radius 1 is 1.23 bits per heavy atom. The SMILES string of the molecule is C[C@@H]1Oc2ccc(NC(=O)C3CCN(c4ccccc4[N+](=O)[O-])CC3)cc2NC1=O. The Morgan fingerprint density at radius 2 is 1.97 bits per heavy atom. The molecule has 0 saturated carbocycles. The second-order valence-corrected chi connectivity index (χ2v) is 7.46. The molecule has 2 aromatic rings. The minimum atomic E-state index is -0.552. The minimum absolute atomic E-state index is 0.0769. The van der Waals surface area contributed by atoms with E-state index in [0.717, 1.165) is 0 Å². The highest BCUT2D eigenvalue weighted by atomic mass is 16.6. The topological polar surface area (TPSA) is 114 Å². The van der Waals surface area contributed by atoms with E-state index in [-0.39, 0.29) is 28.3 Å². The number of nitro benzene ring substituents is 1. The second kappa shape index (κ2) is 8.02. The molecule has 0 aliphatic carbocycles. The van der Waals surface area contributed by atoms with Gasteiger partial charge in [-0.1, -0.05) is 12.1 Å². The number of para-hydroxylation sites is 2. The molecule has 4 rings (SSSR count). The van der Waals surface area contributed by atoms with E-state index in [0.29, 0.717) is 48.7 Å². The number of nitro groups is 1. The fourth-order valence-corrected chi connectivity index (χ4v) is 3.80. The molecule has 156 valence electrons. The summed E-state index contributed by atoms with van der Waals surface area (Å²) in [6.07, 6.45) is 0.643. The monoisotopic (exact) mass is 410 g/mol. The average Bonchev–Trinajstić information content (AvgIpc) is 2.75. The van der Waals surface area contributed by atoms with Gasteiger partial charge in [0, 0.05) is 30.8 Å². The number of hydrogen-bond donors (Lipinski definition) is 2. The lowest BCUT2D eigenvalue weighted by Crippen LogP contribution is -2.38. The first kappa shape index (κ1) is 19.7. The standard InChI is InChI=1S/C21H22N4O5/c1-13-20(26)23-16-12-15(6-7-19(16)30-13)22-21(27)14-8-10-24(11-9-14)17-4-2-3-5-18(17)25(28)29/h2-7,12-14H,8-11H2,1H3,(H,22,27)(H,23,26)/t13-/m0/s1. The number of nitrogens with zero attached hydrogens (tertiary/aromatic N) is 2. The predicted molar refractivity (Wildman–Crippen MR) is 112 cm³/mol. The number of hydrogen-bond acceptors (Lipinski definition) is 6. The van der Waals surface area contributed by atoms with Crippen molar-refractivity contribution in [1.29, 1.82) is 0 Å². The normalized spacial score (nSPS) is 18.8. The number of carbonyl (C=O) groups excluding carboxylic acids is 2. The van der Waals surface area contributed by atoms with Crippen LogP contribution in [-0.2, 0) is 9.59 Å². The van der Waals surface area contributed by atoms with Gasteiger partial charge in [-0.25, -0.2) is 0 Å². The molecule has 0 spiro atoms. The molecule has 0 unspecified atom stereocenters. The molecule has 30 heavy (non-hydrogen) atoms. The van der Waals surface area contributed by atoms with Crippen LogP contribution in [0.2, 0.25) is 0 Å². The predicted octanol–water partition coefficient (Wildman–Crippen LogP) is 3.17. The van der Waals surface area contributed by atoms with Crippen LogP contribution in [-0.4, -0.2) is 35.9 Å². The van der Waals surface area contributed by atoms with Crippen LogP contribution in [0.1, 0.15) is 19.8 Å². The Morgan fingerprint density at radius 3 is 2.70 bits per heavy atom. The molecular weight excluding hydrogens is 388 g/mol. The van der Waals surface area contributed by atoms with E-state index in [9.17, 15) is 19.7 Å². The lowest BCUT2D eigenvalue weighted by atomic mass is 9.95. The fraction of sp³-hybridized carbons (Fsp3) is 0.333. The van der Waals surface area contributed by atoms with Crippen LogP contribution in [0.4, 0.5) is 22.7 Å². The molecule has 9 nitrogen and oxygen atoms in total. The number of carbonyl (C=O) groups is 2. The van der Waals surface area contributed by atoms with Crippen LogP contribution >= 0.6 is 0 Å². The van der Waals surface area contributed by atoms with E-state index in [1.807, 2.05) is 4.90 Å². The molecule has 2 amide bonds. The van der Waals surface area contributed by atoms with Crippen molar-refractivity contribution in [3.8, 4) is 5.75 Å². The summed E-state index contributed by atoms with van der Waals surface area (Å²) in [5.74, 6) is 0.0470. The molecule has 0 bridgehead atoms. The minimum Gasteiger partial charge on any atom is -0.479 e. The molecule has 2 aromatic carbocycles. The highest BCUT2D eigenvalue weighted by molar-refractivity contribution is 5.99. The van der Waals surface area contributed by atoms with Gasteiger partial charge in [0.1, 0.15) is 11.4 Å². The van der Waals surface area contributed by atoms with Crippen molar-refractivity contribution in [3.05, 3.63) is 52.6 Å². The zero-order chi connectivity index (χ0) is 21.3. The first-order chi connectivity index (χ1) is 14.4. The summed E-state index contributed by atoms with van der Waals surface area (Å²) in [7, 11) is 0. The molecule has 0 radical (unpaired) electrons. The highest BCUT2D eigenvalue weighted by Crippen LogP contribution is 2.34. The average molecular weight is 410 g/mol. The molecule has 2 N–H and O–H groups in total. The Balaban J connectivity index is 1.38. The first-order valence-electron chi connectivity index (χ1n) is 9.83. The Hall–Kier alpha value is -3.62. The van der Waals surface area contributed by atoms with E-state index in [1.54, 1.807) is 43.3 Å². The lowest BCUT2D eigenvalue weighted by molar-refractivity contribution is -0.384. The van der Waals surface area contributed by atoms with E-state index < -0.39 is 6.10 Å². The number of nitrogens with one attached hydrogen (secondary N) is 2. The number of piperidine rings is 1. The molecule has 1 atom stereocenters. The molecule has 2 aliphatic heterocycles. The number of anilines is 3. The second-order valence-electron chi connectivity index (χ2n) is 7.46. The zero-order valence-electron chi connectivity index (χ0n) is 16.5. The van der Waals surface area contributed by atoms with Crippen LogP contribution in [0, 0.1) is 16.0 Å². The van der Waals surface area contributed by atoms with Crippen LogP contribution in [0.25, 0.3) is 0 Å². The summed E-state index contributed by atoms with van der Waals surface area (Å²) < 4.78 is 5.52. The number of amides is 2. The summed E-state index contributed by atoms with van der Waals surface area (Å²) in [6.45, 7) is 2.80. The molecule has 1 fully saturated rings. The van der Waals surface area contributed by atoms with Crippen molar-refractivity contribution in [1.82, 2.24) is 0 Å². The number of fused-ring (bicyclic) bond motifs is 1. The summed E-state index contributed by atoms with van der Waals surface area (Å²) in [6, 6.07) is 11.8. The third-order valence-electron chi connectivity index (χ3n) is 5.46. The fourth-order valence-electron chi connectivity index (χ4n) is 3.80. The van der Waals surface area contributed by atoms with Gasteiger partial charge in [-0.3, -0.25) is 19.7 Å². The van der Waals surface area contributed by atoms with Crippen molar-refractivity contribution in [3.63, 3.8) is 0 Å². The van der Waals surface area contributed by atoms with Crippen LogP contribution in [0.15, 0.2) is 42.5 Å². The molecular formula is C21H22N4O5. The van der Waals surface area contributed by atoms with Crippen molar-refractivity contribution in [2.75, 3.05) is 28.6 Å². The van der Waals surface area contributed by atoms with Crippen molar-refractivity contribution >= 4 is 34.6 Å². The lowest BCUT2D eigenvalue weighted by Gasteiger charge is -2.32. The van der Waals surface area contributed by atoms with Crippen LogP contribution in [0.5, 0.6) is 5.75 Å². The van der Waals surface area contributed by atoms with Gasteiger partial charge in [0.15, 0.2) is 6.10 Å². The maximum atomic E-state index is 12.7. The summed E-state index contributed by atoms with van der Waals surface area (Å²) in [5.41, 5.74) is 1.77. The Labute approximate surface area is 173 Å². The third-order valence-corrected chi connectivity index (χ3v) is 5.46. The van der Waals surface area contributed by atoms with Crippen molar-refractivity contribution in [2.24, 2.45) is 5.92 Å². The van der Waals surface area contributed by atoms with Gasteiger partial charge >= 0.3 is 0 Å². The van der Waals surface area contributed by atoms with Gasteiger partial charge in [0.2, 0.25) is 5.91 Å². The highest BCUT2D eigenvalue weighted by Gasteiger charge is 2.29. The summed E-state index contributed by atoms with van der Waals surface area (Å²) in [5, 5.41) is 16.9. The quantitative estimate of drug-likeness (QED) is 0.591. The zero-order valence-corrected chi connectivity index (χ0v) is 16.5. The van der Waals surface area contributed by atoms with E-state index in [1.165, 1.54) is 6.07 Å². The maximum absolute atomic E-state index is 12.7. The van der Waals surface area contributed by atoms with Gasteiger partial charge in [0.05, 0.1) is 10.6 Å². The number of benzene rings is 2. The maximum Gasteiger partial charge on any atom is 0.292 e. The van der Waals surface area contributed by atoms with Gasteiger partial charge < -0.3 is 20.3 Å². The van der Waals surface area contributed by atoms with Gasteiger partial charge in [-0.05, 0) is 44.0 Å². The van der Waals surface area contributed by atoms with Gasteiger partial charge in [-0.15, -0.1) is 0 Å². The van der Waals surface area contributed by atoms with Gasteiger partial charge in [0.25, 0.3) is 11.6 Å². The third kappa shape index (κ3) is 3.91. The summed E-state index contributed by atoms with van der Waals surface area (Å²) in [4.78, 5) is 37.3. The van der Waals surface area contributed by atoms with Gasteiger partial charge in [-0.2, -0.15) is 0 Å². The molecule has 0 aromatic heterocycles. The molecule has 2 heterocycles. The van der Waals surface area contributed by atoms with Crippen LogP contribution in [0.3, 0.4) is 0 Å². The first-order valence-corrected chi connectivity index (χ1v) is 9.83. The van der Waals surface area contributed by atoms with Crippen molar-refractivity contribution < 1.29 is 19.2 Å². The molecule has 9 heteroatoms. The Bertz CT molecular complexity index is 1000. The van der Waals surface area contributed by atoms with E-state index in [4.69, 9.17) is 4.74 Å². The smallest absolute Gasteiger partial charge is 0.292 e. The van der Waals surface area contributed by atoms with E-state index in [2.05, 4.69) is 10.6 Å². The molecule has 2 aliphatic rings. The number of ether oxygens (including phenoxy) is 1. The Kier molecular flexibility index (Phi) is 5.26. The van der Waals surface area contributed by atoms with Crippen LogP contribution < -0.4 is 20.3 Å². The summed E-state index contributed by atoms with van der Waals surface area (Å²) >= 11 is 0. The van der Waals surface area contributed by atoms with E-state index >= 15 is 0 Å². The molecule has 1 saturated heterocycles.